The van der Waals surface area contributed by atoms with Crippen LogP contribution < -0.4 is 16.8 Å². The number of hydrogen-bond donors (Lipinski definition) is 3. The molecule has 0 saturated carbocycles. The van der Waals surface area contributed by atoms with Crippen molar-refractivity contribution in [2.75, 3.05) is 25.1 Å². The number of halogens is 1. The summed E-state index contributed by atoms with van der Waals surface area (Å²) in [5, 5.41) is 3.13. The fraction of sp³-hybridized carbons (Fsp3) is 0.273. The molecule has 0 bridgehead atoms. The van der Waals surface area contributed by atoms with Gasteiger partial charge in [-0.3, -0.25) is 4.79 Å². The number of hydrogen-bond acceptors (Lipinski definition) is 4. The smallest absolute Gasteiger partial charge is 0.243 e. The highest BCUT2D eigenvalue weighted by Gasteiger charge is 2.03. The van der Waals surface area contributed by atoms with Gasteiger partial charge in [0, 0.05) is 22.3 Å². The molecule has 0 aliphatic carbocycles. The highest BCUT2D eigenvalue weighted by Crippen LogP contribution is 2.21. The Hall–Kier alpha value is -1.18. The van der Waals surface area contributed by atoms with Gasteiger partial charge in [0.2, 0.25) is 5.91 Å². The molecular formula is C11H14BrN3O2S. The summed E-state index contributed by atoms with van der Waals surface area (Å²) in [7, 11) is 0. The topological polar surface area (TPSA) is 90.4 Å². The molecule has 1 amide bonds. The lowest BCUT2D eigenvalue weighted by Crippen LogP contribution is -2.20. The van der Waals surface area contributed by atoms with E-state index in [4.69, 9.17) is 28.4 Å². The summed E-state index contributed by atoms with van der Waals surface area (Å²) in [5.41, 5.74) is 12.2. The Morgan fingerprint density at radius 1 is 1.44 bits per heavy atom. The first-order valence-corrected chi connectivity index (χ1v) is 6.40. The molecule has 7 heteroatoms. The molecule has 0 aliphatic rings. The second-order valence-corrected chi connectivity index (χ2v) is 4.80. The Balaban J connectivity index is 2.42. The first kappa shape index (κ1) is 14.9. The zero-order chi connectivity index (χ0) is 13.5. The molecule has 5 nitrogen and oxygen atoms in total. The zero-order valence-corrected chi connectivity index (χ0v) is 12.0. The van der Waals surface area contributed by atoms with E-state index in [1.807, 2.05) is 18.2 Å². The van der Waals surface area contributed by atoms with Crippen LogP contribution in [0.15, 0.2) is 22.7 Å². The van der Waals surface area contributed by atoms with E-state index < -0.39 is 5.91 Å². The summed E-state index contributed by atoms with van der Waals surface area (Å²) in [4.78, 5) is 10.8. The Labute approximate surface area is 119 Å². The number of amides is 1. The van der Waals surface area contributed by atoms with Crippen LogP contribution in [-0.2, 0) is 9.53 Å². The summed E-state index contributed by atoms with van der Waals surface area (Å²) in [5.74, 6) is -0.474. The van der Waals surface area contributed by atoms with Crippen LogP contribution in [0, 0.1) is 0 Å². The van der Waals surface area contributed by atoms with Gasteiger partial charge in [0.15, 0.2) is 0 Å². The molecule has 0 aromatic heterocycles. The van der Waals surface area contributed by atoms with Crippen LogP contribution in [0.5, 0.6) is 0 Å². The molecule has 0 heterocycles. The molecule has 0 saturated heterocycles. The zero-order valence-electron chi connectivity index (χ0n) is 9.61. The molecule has 18 heavy (non-hydrogen) atoms. The maximum absolute atomic E-state index is 10.4. The van der Waals surface area contributed by atoms with Crippen molar-refractivity contribution in [2.24, 2.45) is 11.5 Å². The van der Waals surface area contributed by atoms with Gasteiger partial charge in [-0.15, -0.1) is 0 Å². The SMILES string of the molecule is NC(=O)COCCNc1ccc(C(N)=S)c(Br)c1. The molecule has 0 fully saturated rings. The van der Waals surface area contributed by atoms with E-state index in [0.717, 1.165) is 15.7 Å². The van der Waals surface area contributed by atoms with Gasteiger partial charge in [-0.05, 0) is 34.1 Å². The van der Waals surface area contributed by atoms with Crippen molar-refractivity contribution in [3.63, 3.8) is 0 Å². The maximum Gasteiger partial charge on any atom is 0.243 e. The summed E-state index contributed by atoms with van der Waals surface area (Å²) < 4.78 is 5.85. The van der Waals surface area contributed by atoms with Crippen molar-refractivity contribution in [3.05, 3.63) is 28.2 Å². The van der Waals surface area contributed by atoms with Crippen molar-refractivity contribution in [3.8, 4) is 0 Å². The molecule has 0 radical (unpaired) electrons. The van der Waals surface area contributed by atoms with Crippen LogP contribution in [0.4, 0.5) is 5.69 Å². The van der Waals surface area contributed by atoms with Crippen LogP contribution in [0.2, 0.25) is 0 Å². The number of carbonyl (C=O) groups excluding carboxylic acids is 1. The molecule has 0 unspecified atom stereocenters. The molecular weight excluding hydrogens is 318 g/mol. The predicted octanol–water partition coefficient (Wildman–Crippen LogP) is 0.997. The Morgan fingerprint density at radius 2 is 2.17 bits per heavy atom. The summed E-state index contributed by atoms with van der Waals surface area (Å²) in [6, 6.07) is 5.58. The molecule has 0 atom stereocenters. The molecule has 0 aliphatic heterocycles. The van der Waals surface area contributed by atoms with Crippen molar-refractivity contribution in [1.82, 2.24) is 0 Å². The minimum absolute atomic E-state index is 0.0637. The number of ether oxygens (including phenoxy) is 1. The number of carbonyl (C=O) groups is 1. The number of rotatable bonds is 7. The van der Waals surface area contributed by atoms with E-state index in [1.54, 1.807) is 0 Å². The number of nitrogens with two attached hydrogens (primary N) is 2. The summed E-state index contributed by atoms with van der Waals surface area (Å²) in [6.07, 6.45) is 0. The highest BCUT2D eigenvalue weighted by molar-refractivity contribution is 9.10. The largest absolute Gasteiger partial charge is 0.389 e. The summed E-state index contributed by atoms with van der Waals surface area (Å²) >= 11 is 8.29. The molecule has 1 aromatic carbocycles. The van der Waals surface area contributed by atoms with Crippen LogP contribution in [0.1, 0.15) is 5.56 Å². The predicted molar refractivity (Wildman–Crippen MR) is 78.5 cm³/mol. The Bertz CT molecular complexity index is 454. The lowest BCUT2D eigenvalue weighted by Gasteiger charge is -2.09. The van der Waals surface area contributed by atoms with Crippen LogP contribution in [0.25, 0.3) is 0 Å². The molecule has 1 aromatic rings. The standard InChI is InChI=1S/C11H14BrN3O2S/c12-9-5-7(1-2-8(9)11(14)18)15-3-4-17-6-10(13)16/h1-2,5,15H,3-4,6H2,(H2,13,16)(H2,14,18). The Morgan fingerprint density at radius 3 is 2.72 bits per heavy atom. The average Bonchev–Trinajstić information content (AvgIpc) is 2.27. The minimum atomic E-state index is -0.474. The van der Waals surface area contributed by atoms with Crippen LogP contribution in [0.3, 0.4) is 0 Å². The lowest BCUT2D eigenvalue weighted by atomic mass is 10.2. The van der Waals surface area contributed by atoms with E-state index in [9.17, 15) is 4.79 Å². The van der Waals surface area contributed by atoms with Crippen LogP contribution in [-0.4, -0.2) is 30.7 Å². The normalized spacial score (nSPS) is 10.1. The molecule has 5 N–H and O–H groups in total. The number of thiocarbonyl (C=S) groups is 1. The fourth-order valence-electron chi connectivity index (χ4n) is 1.27. The maximum atomic E-state index is 10.4. The molecule has 98 valence electrons. The first-order valence-electron chi connectivity index (χ1n) is 5.20. The van der Waals surface area contributed by atoms with E-state index in [-0.39, 0.29) is 6.61 Å². The fourth-order valence-corrected chi connectivity index (χ4v) is 2.17. The third kappa shape index (κ3) is 4.99. The van der Waals surface area contributed by atoms with Gasteiger partial charge in [0.25, 0.3) is 0 Å². The lowest BCUT2D eigenvalue weighted by molar-refractivity contribution is -0.122. The van der Waals surface area contributed by atoms with Gasteiger partial charge >= 0.3 is 0 Å². The quantitative estimate of drug-likeness (QED) is 0.512. The van der Waals surface area contributed by atoms with Crippen molar-refractivity contribution < 1.29 is 9.53 Å². The van der Waals surface area contributed by atoms with E-state index in [0.29, 0.717) is 18.1 Å². The summed E-state index contributed by atoms with van der Waals surface area (Å²) in [6.45, 7) is 0.912. The number of primary amides is 1. The van der Waals surface area contributed by atoms with E-state index in [2.05, 4.69) is 21.2 Å². The first-order chi connectivity index (χ1) is 8.50. The third-order valence-electron chi connectivity index (χ3n) is 2.05. The van der Waals surface area contributed by atoms with Gasteiger partial charge in [-0.25, -0.2) is 0 Å². The monoisotopic (exact) mass is 331 g/mol. The minimum Gasteiger partial charge on any atom is -0.389 e. The highest BCUT2D eigenvalue weighted by atomic mass is 79.9. The van der Waals surface area contributed by atoms with Gasteiger partial charge < -0.3 is 21.5 Å². The van der Waals surface area contributed by atoms with Crippen molar-refractivity contribution >= 4 is 44.7 Å². The number of benzene rings is 1. The van der Waals surface area contributed by atoms with Crippen LogP contribution >= 0.6 is 28.1 Å². The Kier molecular flexibility index (Phi) is 6.03. The average molecular weight is 332 g/mol. The second kappa shape index (κ2) is 7.30. The van der Waals surface area contributed by atoms with Gasteiger partial charge in [0.1, 0.15) is 11.6 Å². The molecule has 1 rings (SSSR count). The van der Waals surface area contributed by atoms with Gasteiger partial charge in [-0.1, -0.05) is 12.2 Å². The number of nitrogens with one attached hydrogen (secondary N) is 1. The molecule has 0 spiro atoms. The van der Waals surface area contributed by atoms with Crippen molar-refractivity contribution in [2.45, 2.75) is 0 Å². The number of anilines is 1. The van der Waals surface area contributed by atoms with Gasteiger partial charge in [-0.2, -0.15) is 0 Å². The third-order valence-corrected chi connectivity index (χ3v) is 2.93. The van der Waals surface area contributed by atoms with E-state index >= 15 is 0 Å². The second-order valence-electron chi connectivity index (χ2n) is 3.50. The van der Waals surface area contributed by atoms with Crippen molar-refractivity contribution in [1.29, 1.82) is 0 Å². The van der Waals surface area contributed by atoms with Gasteiger partial charge in [0.05, 0.1) is 6.61 Å². The van der Waals surface area contributed by atoms with E-state index in [1.165, 1.54) is 0 Å².